The Morgan fingerprint density at radius 2 is 0.753 bits per heavy atom. The van der Waals surface area contributed by atoms with Gasteiger partial charge in [0.15, 0.2) is 0 Å². The van der Waals surface area contributed by atoms with Gasteiger partial charge in [-0.05, 0) is 161 Å². The van der Waals surface area contributed by atoms with Crippen LogP contribution in [0.15, 0.2) is 279 Å². The summed E-state index contributed by atoms with van der Waals surface area (Å²) in [6.07, 6.45) is 0. The van der Waals surface area contributed by atoms with Gasteiger partial charge in [0.2, 0.25) is 0 Å². The van der Waals surface area contributed by atoms with Crippen molar-refractivity contribution in [2.45, 2.75) is 5.41 Å². The van der Waals surface area contributed by atoms with Crippen molar-refractivity contribution in [2.24, 2.45) is 0 Å². The predicted octanol–water partition coefficient (Wildman–Crippen LogP) is 18.8. The second kappa shape index (κ2) is 16.3. The van der Waals surface area contributed by atoms with Crippen LogP contribution in [-0.2, 0) is 5.41 Å². The lowest BCUT2D eigenvalue weighted by atomic mass is 9.70. The fraction of sp³-hybridized carbons (Fsp3) is 0.0141. The molecular formula is C71H46N2. The highest BCUT2D eigenvalue weighted by atomic mass is 15.1. The van der Waals surface area contributed by atoms with Crippen LogP contribution < -0.4 is 4.90 Å². The summed E-state index contributed by atoms with van der Waals surface area (Å²) in [4.78, 5) is 2.46. The number of nitrogens with zero attached hydrogens (tertiary/aromatic N) is 2. The Kier molecular flexibility index (Phi) is 9.21. The lowest BCUT2D eigenvalue weighted by Crippen LogP contribution is -2.26. The Bertz CT molecular complexity index is 4270. The van der Waals surface area contributed by atoms with E-state index in [2.05, 4.69) is 289 Å². The van der Waals surface area contributed by atoms with E-state index in [1.807, 2.05) is 0 Å². The van der Waals surface area contributed by atoms with E-state index < -0.39 is 5.41 Å². The molecule has 73 heavy (non-hydrogen) atoms. The lowest BCUT2D eigenvalue weighted by Gasteiger charge is -2.32. The molecule has 1 heterocycles. The van der Waals surface area contributed by atoms with Crippen molar-refractivity contribution in [1.82, 2.24) is 4.57 Å². The average molecular weight is 927 g/mol. The Labute approximate surface area is 425 Å². The zero-order valence-corrected chi connectivity index (χ0v) is 40.0. The highest BCUT2D eigenvalue weighted by Crippen LogP contribution is 2.63. The molecule has 0 atom stereocenters. The molecule has 2 heteroatoms. The van der Waals surface area contributed by atoms with Crippen LogP contribution in [0, 0.1) is 0 Å². The Hall–Kier alpha value is -9.50. The average Bonchev–Trinajstić information content (AvgIpc) is 4.07. The molecule has 0 aliphatic heterocycles. The van der Waals surface area contributed by atoms with Gasteiger partial charge in [0.05, 0.1) is 16.4 Å². The van der Waals surface area contributed by atoms with E-state index in [0.29, 0.717) is 0 Å². The molecule has 15 rings (SSSR count). The van der Waals surface area contributed by atoms with Crippen molar-refractivity contribution in [2.75, 3.05) is 4.90 Å². The second-order valence-electron chi connectivity index (χ2n) is 19.6. The summed E-state index contributed by atoms with van der Waals surface area (Å²) in [7, 11) is 0. The molecule has 0 amide bonds. The Morgan fingerprint density at radius 1 is 0.260 bits per heavy atom. The summed E-state index contributed by atoms with van der Waals surface area (Å²) in [6, 6.07) is 103. The molecule has 0 fully saturated rings. The van der Waals surface area contributed by atoms with E-state index in [4.69, 9.17) is 0 Å². The molecule has 1 spiro atoms. The second-order valence-corrected chi connectivity index (χ2v) is 19.6. The van der Waals surface area contributed by atoms with E-state index in [1.54, 1.807) is 0 Å². The van der Waals surface area contributed by atoms with Crippen LogP contribution >= 0.6 is 0 Å². The fourth-order valence-corrected chi connectivity index (χ4v) is 12.6. The van der Waals surface area contributed by atoms with Crippen molar-refractivity contribution in [1.29, 1.82) is 0 Å². The van der Waals surface area contributed by atoms with Crippen LogP contribution in [-0.4, -0.2) is 4.57 Å². The number of rotatable bonds is 7. The molecule has 1 aromatic heterocycles. The monoisotopic (exact) mass is 926 g/mol. The summed E-state index contributed by atoms with van der Waals surface area (Å²) in [5.41, 5.74) is 24.1. The van der Waals surface area contributed by atoms with Gasteiger partial charge in [-0.15, -0.1) is 0 Å². The highest BCUT2D eigenvalue weighted by molar-refractivity contribution is 6.10. The minimum Gasteiger partial charge on any atom is -0.310 e. The molecule has 2 nitrogen and oxygen atoms in total. The van der Waals surface area contributed by atoms with E-state index in [0.717, 1.165) is 28.3 Å². The number of hydrogen-bond acceptors (Lipinski definition) is 1. The molecule has 340 valence electrons. The third-order valence-electron chi connectivity index (χ3n) is 15.8. The number of fused-ring (bicyclic) bond motifs is 14. The van der Waals surface area contributed by atoms with Crippen LogP contribution in [0.5, 0.6) is 0 Å². The smallest absolute Gasteiger partial charge is 0.0726 e. The number of para-hydroxylation sites is 1. The maximum Gasteiger partial charge on any atom is 0.0726 e. The van der Waals surface area contributed by atoms with E-state index in [9.17, 15) is 0 Å². The van der Waals surface area contributed by atoms with E-state index in [1.165, 1.54) is 105 Å². The summed E-state index contributed by atoms with van der Waals surface area (Å²) in [5, 5.41) is 4.91. The SMILES string of the molecule is c1ccc(-c2ccc(-n3c4ccccc4c4cc(-c5cccc(-c6cccc(N(c7ccc8c(c7)C7(c9ccccc9-c9ccccc97)c7ccccc7-8)c7ccc8ccccc8c7)c6)c5)ccc43)cc2)cc1. The van der Waals surface area contributed by atoms with Crippen LogP contribution in [0.1, 0.15) is 22.3 Å². The molecule has 2 aliphatic rings. The van der Waals surface area contributed by atoms with Gasteiger partial charge in [-0.3, -0.25) is 0 Å². The Balaban J connectivity index is 0.849. The van der Waals surface area contributed by atoms with Crippen molar-refractivity contribution < 1.29 is 0 Å². The summed E-state index contributed by atoms with van der Waals surface area (Å²) in [5.74, 6) is 0. The summed E-state index contributed by atoms with van der Waals surface area (Å²) in [6.45, 7) is 0. The first-order chi connectivity index (χ1) is 36.2. The molecule has 0 saturated heterocycles. The number of hydrogen-bond donors (Lipinski definition) is 0. The van der Waals surface area contributed by atoms with Gasteiger partial charge in [-0.25, -0.2) is 0 Å². The van der Waals surface area contributed by atoms with Gasteiger partial charge < -0.3 is 9.47 Å². The molecule has 0 radical (unpaired) electrons. The molecule has 0 N–H and O–H groups in total. The van der Waals surface area contributed by atoms with Gasteiger partial charge >= 0.3 is 0 Å². The normalized spacial score (nSPS) is 12.8. The Morgan fingerprint density at radius 3 is 1.48 bits per heavy atom. The van der Waals surface area contributed by atoms with E-state index >= 15 is 0 Å². The maximum atomic E-state index is 2.49. The zero-order valence-electron chi connectivity index (χ0n) is 40.0. The van der Waals surface area contributed by atoms with Gasteiger partial charge in [-0.2, -0.15) is 0 Å². The topological polar surface area (TPSA) is 8.17 Å². The first kappa shape index (κ1) is 41.3. The van der Waals surface area contributed by atoms with Crippen molar-refractivity contribution >= 4 is 49.6 Å². The first-order valence-electron chi connectivity index (χ1n) is 25.3. The maximum absolute atomic E-state index is 2.49. The number of benzene rings is 12. The lowest BCUT2D eigenvalue weighted by molar-refractivity contribution is 0.793. The third kappa shape index (κ3) is 6.30. The van der Waals surface area contributed by atoms with Crippen molar-refractivity contribution in [3.63, 3.8) is 0 Å². The van der Waals surface area contributed by atoms with Gasteiger partial charge in [0, 0.05) is 33.5 Å². The largest absolute Gasteiger partial charge is 0.310 e. The number of anilines is 3. The fourth-order valence-electron chi connectivity index (χ4n) is 12.6. The highest BCUT2D eigenvalue weighted by Gasteiger charge is 2.51. The standard InChI is InChI=1S/C71H46N2/c1-2-16-47(17-3-1)49-32-36-55(37-33-49)73-69-31-13-9-27-63(69)64-45-54(35-41-70(64)73)51-21-14-20-50(42-51)53-22-15-23-56(44-53)72(57-38-34-48-18-4-5-19-52(48)43-57)58-39-40-62-61-26-8-12-30-67(61)71(68(62)46-58)65-28-10-6-24-59(65)60-25-7-11-29-66(60)71/h1-46H. The molecule has 0 unspecified atom stereocenters. The van der Waals surface area contributed by atoms with Gasteiger partial charge in [0.25, 0.3) is 0 Å². The third-order valence-corrected chi connectivity index (χ3v) is 15.8. The van der Waals surface area contributed by atoms with Crippen molar-refractivity contribution in [3.8, 4) is 61.3 Å². The molecule has 0 bridgehead atoms. The van der Waals surface area contributed by atoms with E-state index in [-0.39, 0.29) is 0 Å². The first-order valence-corrected chi connectivity index (χ1v) is 25.3. The summed E-state index contributed by atoms with van der Waals surface area (Å²) < 4.78 is 2.40. The van der Waals surface area contributed by atoms with Crippen LogP contribution in [0.25, 0.3) is 93.9 Å². The van der Waals surface area contributed by atoms with Crippen LogP contribution in [0.2, 0.25) is 0 Å². The van der Waals surface area contributed by atoms with Crippen molar-refractivity contribution in [3.05, 3.63) is 301 Å². The molecule has 0 saturated carbocycles. The quantitative estimate of drug-likeness (QED) is 0.155. The van der Waals surface area contributed by atoms with Crippen LogP contribution in [0.4, 0.5) is 17.1 Å². The minimum absolute atomic E-state index is 0.446. The van der Waals surface area contributed by atoms with Gasteiger partial charge in [-0.1, -0.05) is 206 Å². The minimum atomic E-state index is -0.446. The van der Waals surface area contributed by atoms with Crippen LogP contribution in [0.3, 0.4) is 0 Å². The van der Waals surface area contributed by atoms with Gasteiger partial charge in [0.1, 0.15) is 0 Å². The predicted molar refractivity (Wildman–Crippen MR) is 306 cm³/mol. The summed E-state index contributed by atoms with van der Waals surface area (Å²) >= 11 is 0. The number of aromatic nitrogens is 1. The molecule has 13 aromatic rings. The molecule has 2 aliphatic carbocycles. The zero-order chi connectivity index (χ0) is 48.0. The molecule has 12 aromatic carbocycles. The molecular weight excluding hydrogens is 881 g/mol.